The van der Waals surface area contributed by atoms with Crippen molar-refractivity contribution in [2.24, 2.45) is 5.73 Å². The lowest BCUT2D eigenvalue weighted by molar-refractivity contribution is 0.686. The number of halogens is 1. The normalized spacial score (nSPS) is 34.2. The van der Waals surface area contributed by atoms with Gasteiger partial charge in [0.25, 0.3) is 0 Å². The topological polar surface area (TPSA) is 26.0 Å². The second-order valence-corrected chi connectivity index (χ2v) is 2.18. The monoisotopic (exact) mass is 115 g/mol. The molecule has 0 aromatic rings. The highest BCUT2D eigenvalue weighted by atomic mass is 19.1. The van der Waals surface area contributed by atoms with Crippen molar-refractivity contribution in [1.29, 1.82) is 0 Å². The van der Waals surface area contributed by atoms with Gasteiger partial charge in [-0.25, -0.2) is 4.39 Å². The van der Waals surface area contributed by atoms with Gasteiger partial charge in [0.2, 0.25) is 0 Å². The molecule has 1 rings (SSSR count). The fraction of sp³-hybridized carbons (Fsp3) is 0.667. The minimum absolute atomic E-state index is 0.0139. The molecule has 1 aliphatic carbocycles. The summed E-state index contributed by atoms with van der Waals surface area (Å²) in [6.07, 6.45) is 3.52. The zero-order valence-electron chi connectivity index (χ0n) is 4.73. The molecule has 0 aromatic carbocycles. The van der Waals surface area contributed by atoms with Crippen LogP contribution in [0, 0.1) is 0 Å². The molecule has 1 saturated carbocycles. The molecule has 8 heavy (non-hydrogen) atoms. The smallest absolute Gasteiger partial charge is 0.0874 e. The van der Waals surface area contributed by atoms with Gasteiger partial charge in [-0.15, -0.1) is 0 Å². The Bertz CT molecular complexity index is 109. The van der Waals surface area contributed by atoms with E-state index in [1.54, 1.807) is 0 Å². The van der Waals surface area contributed by atoms with E-state index in [0.717, 1.165) is 24.8 Å². The van der Waals surface area contributed by atoms with Crippen LogP contribution in [0.2, 0.25) is 0 Å². The highest BCUT2D eigenvalue weighted by molar-refractivity contribution is 5.11. The third-order valence-electron chi connectivity index (χ3n) is 1.60. The molecule has 0 unspecified atom stereocenters. The van der Waals surface area contributed by atoms with E-state index in [1.807, 2.05) is 0 Å². The molecular weight excluding hydrogens is 105 g/mol. The van der Waals surface area contributed by atoms with Crippen molar-refractivity contribution >= 4 is 0 Å². The molecule has 1 atom stereocenters. The van der Waals surface area contributed by atoms with Gasteiger partial charge in [-0.05, 0) is 24.8 Å². The molecule has 1 fully saturated rings. The van der Waals surface area contributed by atoms with Crippen LogP contribution in [0.15, 0.2) is 11.9 Å². The van der Waals surface area contributed by atoms with Crippen molar-refractivity contribution in [3.05, 3.63) is 11.9 Å². The summed E-state index contributed by atoms with van der Waals surface area (Å²) in [5, 5.41) is 0. The summed E-state index contributed by atoms with van der Waals surface area (Å²) in [5.74, 6) is 0. The predicted molar refractivity (Wildman–Crippen MR) is 31.0 cm³/mol. The van der Waals surface area contributed by atoms with E-state index in [9.17, 15) is 4.39 Å². The summed E-state index contributed by atoms with van der Waals surface area (Å²) in [5.41, 5.74) is 6.26. The fourth-order valence-corrected chi connectivity index (χ4v) is 1.03. The minimum Gasteiger partial charge on any atom is -0.324 e. The zero-order chi connectivity index (χ0) is 5.98. The maximum absolute atomic E-state index is 11.7. The highest BCUT2D eigenvalue weighted by Gasteiger charge is 2.15. The molecule has 0 radical (unpaired) electrons. The average molecular weight is 115 g/mol. The van der Waals surface area contributed by atoms with E-state index in [0.29, 0.717) is 6.33 Å². The summed E-state index contributed by atoms with van der Waals surface area (Å²) < 4.78 is 11.7. The Morgan fingerprint density at radius 1 is 1.75 bits per heavy atom. The molecule has 0 heterocycles. The fourth-order valence-electron chi connectivity index (χ4n) is 1.03. The molecule has 46 valence electrons. The van der Waals surface area contributed by atoms with Gasteiger partial charge in [0.15, 0.2) is 0 Å². The standard InChI is InChI=1S/C6H10FN/c7-4-5-2-1-3-6(5)8/h4,6H,1-3,8H2/b5-4+/t6-/m0/s1. The van der Waals surface area contributed by atoms with Crippen molar-refractivity contribution in [2.75, 3.05) is 0 Å². The lowest BCUT2D eigenvalue weighted by Gasteiger charge is -1.98. The van der Waals surface area contributed by atoms with E-state index in [4.69, 9.17) is 5.73 Å². The van der Waals surface area contributed by atoms with Gasteiger partial charge in [-0.1, -0.05) is 0 Å². The quantitative estimate of drug-likeness (QED) is 0.506. The van der Waals surface area contributed by atoms with Gasteiger partial charge in [0.05, 0.1) is 6.33 Å². The van der Waals surface area contributed by atoms with Crippen LogP contribution in [0.3, 0.4) is 0 Å². The Hall–Kier alpha value is -0.370. The summed E-state index contributed by atoms with van der Waals surface area (Å²) in [6, 6.07) is 0.0139. The second kappa shape index (κ2) is 2.27. The van der Waals surface area contributed by atoms with Gasteiger partial charge in [0, 0.05) is 6.04 Å². The molecule has 0 aliphatic heterocycles. The van der Waals surface area contributed by atoms with Crippen LogP contribution in [0.5, 0.6) is 0 Å². The molecule has 2 heteroatoms. The summed E-state index contributed by atoms with van der Waals surface area (Å²) in [4.78, 5) is 0. The van der Waals surface area contributed by atoms with Gasteiger partial charge >= 0.3 is 0 Å². The Labute approximate surface area is 48.4 Å². The SMILES string of the molecule is N[C@H]1CCC/C1=C\F. The molecule has 2 N–H and O–H groups in total. The Morgan fingerprint density at radius 2 is 2.50 bits per heavy atom. The first-order valence-electron chi connectivity index (χ1n) is 2.89. The summed E-state index contributed by atoms with van der Waals surface area (Å²) in [7, 11) is 0. The van der Waals surface area contributed by atoms with Crippen LogP contribution in [0.25, 0.3) is 0 Å². The molecule has 0 amide bonds. The van der Waals surface area contributed by atoms with Crippen LogP contribution in [0.1, 0.15) is 19.3 Å². The van der Waals surface area contributed by atoms with E-state index < -0.39 is 0 Å². The van der Waals surface area contributed by atoms with Gasteiger partial charge in [-0.2, -0.15) is 0 Å². The van der Waals surface area contributed by atoms with E-state index >= 15 is 0 Å². The molecule has 0 spiro atoms. The number of hydrogen-bond donors (Lipinski definition) is 1. The first-order chi connectivity index (χ1) is 3.84. The lowest BCUT2D eigenvalue weighted by atomic mass is 10.2. The first-order valence-corrected chi connectivity index (χ1v) is 2.89. The van der Waals surface area contributed by atoms with Crippen LogP contribution >= 0.6 is 0 Å². The molecule has 1 aliphatic rings. The van der Waals surface area contributed by atoms with Gasteiger partial charge in [-0.3, -0.25) is 0 Å². The number of rotatable bonds is 0. The maximum atomic E-state index is 11.7. The van der Waals surface area contributed by atoms with Crippen molar-refractivity contribution in [3.8, 4) is 0 Å². The third-order valence-corrected chi connectivity index (χ3v) is 1.60. The molecular formula is C6H10FN. The molecule has 1 nitrogen and oxygen atoms in total. The van der Waals surface area contributed by atoms with Crippen molar-refractivity contribution in [3.63, 3.8) is 0 Å². The second-order valence-electron chi connectivity index (χ2n) is 2.18. The lowest BCUT2D eigenvalue weighted by Crippen LogP contribution is -2.16. The van der Waals surface area contributed by atoms with E-state index in [-0.39, 0.29) is 6.04 Å². The van der Waals surface area contributed by atoms with E-state index in [2.05, 4.69) is 0 Å². The van der Waals surface area contributed by atoms with Crippen LogP contribution in [-0.4, -0.2) is 6.04 Å². The average Bonchev–Trinajstić information content (AvgIpc) is 2.14. The summed E-state index contributed by atoms with van der Waals surface area (Å²) >= 11 is 0. The van der Waals surface area contributed by atoms with Crippen LogP contribution in [-0.2, 0) is 0 Å². The Balaban J connectivity index is 2.55. The number of hydrogen-bond acceptors (Lipinski definition) is 1. The predicted octanol–water partition coefficient (Wildman–Crippen LogP) is 1.35. The highest BCUT2D eigenvalue weighted by Crippen LogP contribution is 2.22. The van der Waals surface area contributed by atoms with E-state index in [1.165, 1.54) is 0 Å². The van der Waals surface area contributed by atoms with Crippen molar-refractivity contribution in [2.45, 2.75) is 25.3 Å². The van der Waals surface area contributed by atoms with Crippen molar-refractivity contribution in [1.82, 2.24) is 0 Å². The largest absolute Gasteiger partial charge is 0.324 e. The minimum atomic E-state index is 0.0139. The Kier molecular flexibility index (Phi) is 1.63. The number of nitrogens with two attached hydrogens (primary N) is 1. The maximum Gasteiger partial charge on any atom is 0.0874 e. The van der Waals surface area contributed by atoms with Crippen LogP contribution < -0.4 is 5.73 Å². The first kappa shape index (κ1) is 5.76. The zero-order valence-corrected chi connectivity index (χ0v) is 4.73. The van der Waals surface area contributed by atoms with Crippen molar-refractivity contribution < 1.29 is 4.39 Å². The van der Waals surface area contributed by atoms with Gasteiger partial charge < -0.3 is 5.73 Å². The molecule has 0 aromatic heterocycles. The Morgan fingerprint density at radius 3 is 2.75 bits per heavy atom. The summed E-state index contributed by atoms with van der Waals surface area (Å²) in [6.45, 7) is 0. The van der Waals surface area contributed by atoms with Crippen LogP contribution in [0.4, 0.5) is 4.39 Å². The third kappa shape index (κ3) is 0.892. The molecule has 0 saturated heterocycles. The molecule has 0 bridgehead atoms. The van der Waals surface area contributed by atoms with Gasteiger partial charge in [0.1, 0.15) is 0 Å².